The van der Waals surface area contributed by atoms with E-state index >= 15 is 0 Å². The molecule has 0 saturated heterocycles. The summed E-state index contributed by atoms with van der Waals surface area (Å²) in [7, 11) is 0. The van der Waals surface area contributed by atoms with Crippen LogP contribution in [0, 0.1) is 23.3 Å². The van der Waals surface area contributed by atoms with Crippen LogP contribution in [-0.4, -0.2) is 10.3 Å². The zero-order valence-electron chi connectivity index (χ0n) is 11.5. The van der Waals surface area contributed by atoms with Crippen molar-refractivity contribution >= 4 is 0 Å². The number of halogens is 4. The Balaban J connectivity index is 2.18. The van der Waals surface area contributed by atoms with E-state index < -0.39 is 29.9 Å². The molecule has 0 atom stereocenters. The molecular formula is C16H9F4NO2. The SMILES string of the molecule is OCc1c(-c2cccc(F)c2)noc1-c1ccc(F)c(F)c1F. The quantitative estimate of drug-likeness (QED) is 0.584. The summed E-state index contributed by atoms with van der Waals surface area (Å²) in [6.07, 6.45) is 0. The fraction of sp³-hybridized carbons (Fsp3) is 0.0625. The number of rotatable bonds is 3. The van der Waals surface area contributed by atoms with Crippen molar-refractivity contribution in [2.45, 2.75) is 6.61 Å². The molecule has 2 aromatic carbocycles. The van der Waals surface area contributed by atoms with Gasteiger partial charge in [0.1, 0.15) is 11.5 Å². The second kappa shape index (κ2) is 5.85. The largest absolute Gasteiger partial charge is 0.391 e. The van der Waals surface area contributed by atoms with E-state index in [9.17, 15) is 22.7 Å². The van der Waals surface area contributed by atoms with E-state index in [1.165, 1.54) is 18.2 Å². The monoisotopic (exact) mass is 323 g/mol. The molecule has 0 bridgehead atoms. The van der Waals surface area contributed by atoms with E-state index in [4.69, 9.17) is 4.52 Å². The standard InChI is InChI=1S/C16H9F4NO2/c17-9-3-1-2-8(6-9)15-11(7-22)16(23-21-15)10-4-5-12(18)14(20)13(10)19/h1-6,22H,7H2. The lowest BCUT2D eigenvalue weighted by molar-refractivity contribution is 0.281. The lowest BCUT2D eigenvalue weighted by Gasteiger charge is -2.04. The first kappa shape index (κ1) is 15.2. The highest BCUT2D eigenvalue weighted by atomic mass is 19.2. The molecule has 118 valence electrons. The average Bonchev–Trinajstić information content (AvgIpc) is 2.96. The lowest BCUT2D eigenvalue weighted by atomic mass is 10.0. The molecule has 0 fully saturated rings. The third-order valence-electron chi connectivity index (χ3n) is 3.32. The van der Waals surface area contributed by atoms with Crippen LogP contribution < -0.4 is 0 Å². The van der Waals surface area contributed by atoms with Crippen molar-refractivity contribution < 1.29 is 27.2 Å². The second-order valence-electron chi connectivity index (χ2n) is 4.73. The van der Waals surface area contributed by atoms with Crippen LogP contribution >= 0.6 is 0 Å². The third-order valence-corrected chi connectivity index (χ3v) is 3.32. The van der Waals surface area contributed by atoms with Crippen LogP contribution in [0.2, 0.25) is 0 Å². The Morgan fingerprint density at radius 3 is 2.48 bits per heavy atom. The van der Waals surface area contributed by atoms with Crippen LogP contribution in [0.5, 0.6) is 0 Å². The van der Waals surface area contributed by atoms with Crippen molar-refractivity contribution in [2.24, 2.45) is 0 Å². The second-order valence-corrected chi connectivity index (χ2v) is 4.73. The van der Waals surface area contributed by atoms with Crippen molar-refractivity contribution in [3.05, 3.63) is 65.2 Å². The Morgan fingerprint density at radius 1 is 1.00 bits per heavy atom. The van der Waals surface area contributed by atoms with Gasteiger partial charge in [-0.2, -0.15) is 0 Å². The number of aliphatic hydroxyl groups excluding tert-OH is 1. The van der Waals surface area contributed by atoms with Crippen LogP contribution in [0.1, 0.15) is 5.56 Å². The maximum absolute atomic E-state index is 13.9. The Hall–Kier alpha value is -2.67. The normalized spacial score (nSPS) is 11.0. The smallest absolute Gasteiger partial charge is 0.195 e. The molecule has 3 aromatic rings. The van der Waals surface area contributed by atoms with Crippen molar-refractivity contribution in [3.8, 4) is 22.6 Å². The van der Waals surface area contributed by atoms with Crippen LogP contribution in [-0.2, 0) is 6.61 Å². The summed E-state index contributed by atoms with van der Waals surface area (Å²) in [5.74, 6) is -5.24. The van der Waals surface area contributed by atoms with Crippen LogP contribution in [0.25, 0.3) is 22.6 Å². The van der Waals surface area contributed by atoms with Gasteiger partial charge < -0.3 is 9.63 Å². The summed E-state index contributed by atoms with van der Waals surface area (Å²) in [4.78, 5) is 0. The van der Waals surface area contributed by atoms with Gasteiger partial charge in [-0.25, -0.2) is 17.6 Å². The van der Waals surface area contributed by atoms with Gasteiger partial charge in [0.2, 0.25) is 0 Å². The minimum atomic E-state index is -1.66. The summed E-state index contributed by atoms with van der Waals surface area (Å²) in [5, 5.41) is 13.2. The van der Waals surface area contributed by atoms with Crippen LogP contribution in [0.15, 0.2) is 40.9 Å². The number of aromatic nitrogens is 1. The topological polar surface area (TPSA) is 46.3 Å². The van der Waals surface area contributed by atoms with Gasteiger partial charge >= 0.3 is 0 Å². The first-order chi connectivity index (χ1) is 11.0. The highest BCUT2D eigenvalue weighted by molar-refractivity contribution is 5.72. The van der Waals surface area contributed by atoms with Gasteiger partial charge in [-0.3, -0.25) is 0 Å². The summed E-state index contributed by atoms with van der Waals surface area (Å²) in [6, 6.07) is 7.03. The van der Waals surface area contributed by atoms with Crippen molar-refractivity contribution in [1.82, 2.24) is 5.16 Å². The third kappa shape index (κ3) is 2.59. The van der Waals surface area contributed by atoms with Gasteiger partial charge in [0.05, 0.1) is 17.7 Å². The first-order valence-corrected chi connectivity index (χ1v) is 6.52. The number of aliphatic hydroxyl groups is 1. The summed E-state index contributed by atoms with van der Waals surface area (Å²) in [6.45, 7) is -0.608. The minimum absolute atomic E-state index is 0.0421. The molecule has 0 unspecified atom stereocenters. The van der Waals surface area contributed by atoms with E-state index in [1.807, 2.05) is 0 Å². The van der Waals surface area contributed by atoms with Crippen molar-refractivity contribution in [3.63, 3.8) is 0 Å². The summed E-state index contributed by atoms with van der Waals surface area (Å²) in [5.41, 5.74) is 0.0433. The highest BCUT2D eigenvalue weighted by Gasteiger charge is 2.24. The van der Waals surface area contributed by atoms with E-state index in [2.05, 4.69) is 5.16 Å². The van der Waals surface area contributed by atoms with Crippen molar-refractivity contribution in [2.75, 3.05) is 0 Å². The number of hydrogen-bond donors (Lipinski definition) is 1. The van der Waals surface area contributed by atoms with E-state index in [0.717, 1.165) is 18.2 Å². The maximum atomic E-state index is 13.9. The van der Waals surface area contributed by atoms with Gasteiger partial charge in [0.25, 0.3) is 0 Å². The van der Waals surface area contributed by atoms with Gasteiger partial charge in [0.15, 0.2) is 23.2 Å². The molecule has 0 saturated carbocycles. The number of nitrogens with zero attached hydrogens (tertiary/aromatic N) is 1. The van der Waals surface area contributed by atoms with Crippen molar-refractivity contribution in [1.29, 1.82) is 0 Å². The highest BCUT2D eigenvalue weighted by Crippen LogP contribution is 2.34. The average molecular weight is 323 g/mol. The number of hydrogen-bond acceptors (Lipinski definition) is 3. The zero-order valence-corrected chi connectivity index (χ0v) is 11.5. The Kier molecular flexibility index (Phi) is 3.87. The molecule has 1 N–H and O–H groups in total. The van der Waals surface area contributed by atoms with E-state index in [0.29, 0.717) is 5.56 Å². The first-order valence-electron chi connectivity index (χ1n) is 6.52. The zero-order chi connectivity index (χ0) is 16.6. The van der Waals surface area contributed by atoms with Gasteiger partial charge in [-0.1, -0.05) is 17.3 Å². The molecule has 0 aliphatic heterocycles. The number of benzene rings is 2. The predicted molar refractivity (Wildman–Crippen MR) is 73.1 cm³/mol. The Morgan fingerprint density at radius 2 is 1.78 bits per heavy atom. The lowest BCUT2D eigenvalue weighted by Crippen LogP contribution is -1.96. The minimum Gasteiger partial charge on any atom is -0.391 e. The summed E-state index contributed by atoms with van der Waals surface area (Å²) >= 11 is 0. The Labute approximate surface area is 127 Å². The van der Waals surface area contributed by atoms with E-state index in [-0.39, 0.29) is 22.6 Å². The molecule has 1 heterocycles. The van der Waals surface area contributed by atoms with Gasteiger partial charge in [-0.15, -0.1) is 0 Å². The molecule has 0 aliphatic carbocycles. The maximum Gasteiger partial charge on any atom is 0.195 e. The van der Waals surface area contributed by atoms with Crippen LogP contribution in [0.4, 0.5) is 17.6 Å². The van der Waals surface area contributed by atoms with Gasteiger partial charge in [0, 0.05) is 5.56 Å². The summed E-state index contributed by atoms with van der Waals surface area (Å²) < 4.78 is 58.6. The molecule has 23 heavy (non-hydrogen) atoms. The Bertz CT molecular complexity index is 877. The molecule has 7 heteroatoms. The van der Waals surface area contributed by atoms with Gasteiger partial charge in [-0.05, 0) is 24.3 Å². The molecule has 3 nitrogen and oxygen atoms in total. The fourth-order valence-corrected chi connectivity index (χ4v) is 2.23. The molecule has 3 rings (SSSR count). The fourth-order valence-electron chi connectivity index (χ4n) is 2.23. The van der Waals surface area contributed by atoms with Crippen LogP contribution in [0.3, 0.4) is 0 Å². The molecular weight excluding hydrogens is 314 g/mol. The molecule has 0 amide bonds. The predicted octanol–water partition coefficient (Wildman–Crippen LogP) is 4.06. The molecule has 0 radical (unpaired) electrons. The molecule has 0 aliphatic rings. The molecule has 1 aromatic heterocycles. The van der Waals surface area contributed by atoms with E-state index in [1.54, 1.807) is 0 Å². The molecule has 0 spiro atoms.